The lowest BCUT2D eigenvalue weighted by molar-refractivity contribution is -0.142. The van der Waals surface area contributed by atoms with E-state index in [1.54, 1.807) is 6.92 Å². The van der Waals surface area contributed by atoms with Crippen molar-refractivity contribution in [3.05, 3.63) is 23.0 Å². The molecule has 0 aliphatic carbocycles. The minimum absolute atomic E-state index is 0.540. The number of hydrogen-bond acceptors (Lipinski definition) is 2. The van der Waals surface area contributed by atoms with E-state index in [0.29, 0.717) is 12.3 Å². The van der Waals surface area contributed by atoms with Crippen LogP contribution in [0.4, 0.5) is 0 Å². The zero-order chi connectivity index (χ0) is 16.2. The Morgan fingerprint density at radius 3 is 2.38 bits per heavy atom. The van der Waals surface area contributed by atoms with Crippen LogP contribution in [0.2, 0.25) is 0 Å². The molecule has 0 aromatic carbocycles. The van der Waals surface area contributed by atoms with Gasteiger partial charge in [0.25, 0.3) is 0 Å². The third kappa shape index (κ3) is 5.86. The molecular weight excluding hydrogens is 260 g/mol. The van der Waals surface area contributed by atoms with Gasteiger partial charge in [0.15, 0.2) is 0 Å². The lowest BCUT2D eigenvalue weighted by atomic mass is 9.88. The van der Waals surface area contributed by atoms with Crippen LogP contribution >= 0.6 is 0 Å². The summed E-state index contributed by atoms with van der Waals surface area (Å²) in [6.45, 7) is 15.1. The molecule has 21 heavy (non-hydrogen) atoms. The van der Waals surface area contributed by atoms with Gasteiger partial charge in [0.1, 0.15) is 5.76 Å². The molecule has 0 amide bonds. The minimum Gasteiger partial charge on any atom is -0.462 e. The van der Waals surface area contributed by atoms with Gasteiger partial charge in [0.05, 0.1) is 0 Å². The average Bonchev–Trinajstić information content (AvgIpc) is 2.62. The Balaban J connectivity index is 2.60. The predicted octanol–water partition coefficient (Wildman–Crippen LogP) is 5.43. The maximum atomic E-state index is 10.00. The van der Waals surface area contributed by atoms with E-state index >= 15 is 0 Å². The van der Waals surface area contributed by atoms with Crippen molar-refractivity contribution in [3.8, 4) is 0 Å². The first kappa shape index (κ1) is 18.3. The molecule has 1 rings (SSSR count). The van der Waals surface area contributed by atoms with Gasteiger partial charge in [-0.2, -0.15) is 0 Å². The molecule has 0 aromatic rings. The quantitative estimate of drug-likeness (QED) is 0.678. The molecule has 4 unspecified atom stereocenters. The Kier molecular flexibility index (Phi) is 6.52. The van der Waals surface area contributed by atoms with Crippen LogP contribution in [0.3, 0.4) is 0 Å². The Morgan fingerprint density at radius 2 is 1.90 bits per heavy atom. The molecule has 1 N–H and O–H groups in total. The van der Waals surface area contributed by atoms with Crippen molar-refractivity contribution in [2.75, 3.05) is 0 Å². The third-order valence-corrected chi connectivity index (χ3v) is 4.47. The van der Waals surface area contributed by atoms with Crippen molar-refractivity contribution in [1.82, 2.24) is 0 Å². The second-order valence-corrected chi connectivity index (χ2v) is 7.48. The van der Waals surface area contributed by atoms with Crippen LogP contribution in [-0.2, 0) is 4.74 Å². The minimum atomic E-state index is -1.03. The van der Waals surface area contributed by atoms with E-state index in [-0.39, 0.29) is 0 Å². The van der Waals surface area contributed by atoms with Gasteiger partial charge in [0.2, 0.25) is 5.79 Å². The highest BCUT2D eigenvalue weighted by atomic mass is 16.6. The van der Waals surface area contributed by atoms with E-state index in [9.17, 15) is 5.11 Å². The molecule has 1 aliphatic rings. The lowest BCUT2D eigenvalue weighted by Crippen LogP contribution is -2.22. The first-order chi connectivity index (χ1) is 9.64. The van der Waals surface area contributed by atoms with Crippen molar-refractivity contribution < 1.29 is 9.84 Å². The van der Waals surface area contributed by atoms with E-state index in [1.165, 1.54) is 19.3 Å². The van der Waals surface area contributed by atoms with Crippen molar-refractivity contribution in [2.45, 2.75) is 79.9 Å². The summed E-state index contributed by atoms with van der Waals surface area (Å²) in [5.41, 5.74) is 2.31. The van der Waals surface area contributed by atoms with Gasteiger partial charge in [-0.25, -0.2) is 0 Å². The van der Waals surface area contributed by atoms with Crippen molar-refractivity contribution in [3.63, 3.8) is 0 Å². The summed E-state index contributed by atoms with van der Waals surface area (Å²) in [4.78, 5) is 0. The number of rotatable bonds is 7. The van der Waals surface area contributed by atoms with Gasteiger partial charge in [-0.05, 0) is 55.6 Å². The van der Waals surface area contributed by atoms with Gasteiger partial charge in [-0.15, -0.1) is 0 Å². The number of ether oxygens (including phenoxy) is 1. The van der Waals surface area contributed by atoms with Crippen molar-refractivity contribution >= 4 is 0 Å². The number of aliphatic hydroxyl groups is 1. The van der Waals surface area contributed by atoms with Gasteiger partial charge >= 0.3 is 0 Å². The fraction of sp³-hybridized carbons (Fsp3) is 0.789. The molecule has 0 spiro atoms. The molecule has 0 saturated heterocycles. The predicted molar refractivity (Wildman–Crippen MR) is 89.8 cm³/mol. The molecule has 0 radical (unpaired) electrons. The van der Waals surface area contributed by atoms with E-state index in [0.717, 1.165) is 28.7 Å². The molecular formula is C19H34O2. The van der Waals surface area contributed by atoms with Crippen LogP contribution < -0.4 is 0 Å². The summed E-state index contributed by atoms with van der Waals surface area (Å²) in [5, 5.41) is 10.00. The zero-order valence-electron chi connectivity index (χ0n) is 15.0. The molecule has 0 saturated carbocycles. The summed E-state index contributed by atoms with van der Waals surface area (Å²) in [5.74, 6) is 1.97. The maximum absolute atomic E-state index is 10.00. The summed E-state index contributed by atoms with van der Waals surface area (Å²) in [6.07, 6.45) is 6.69. The van der Waals surface area contributed by atoms with Gasteiger partial charge in [-0.3, -0.25) is 0 Å². The second-order valence-electron chi connectivity index (χ2n) is 7.48. The fourth-order valence-corrected chi connectivity index (χ4v) is 3.49. The smallest absolute Gasteiger partial charge is 0.209 e. The Hall–Kier alpha value is -0.760. The maximum Gasteiger partial charge on any atom is 0.209 e. The lowest BCUT2D eigenvalue weighted by Gasteiger charge is -2.20. The van der Waals surface area contributed by atoms with Crippen LogP contribution in [-0.4, -0.2) is 10.9 Å². The molecule has 2 nitrogen and oxygen atoms in total. The summed E-state index contributed by atoms with van der Waals surface area (Å²) in [7, 11) is 0. The summed E-state index contributed by atoms with van der Waals surface area (Å²) in [6, 6.07) is 0. The SMILES string of the molecule is CCC(C)CC(C)CC(C)/C=C(\C)C1=C(C)CC(C)(O)O1. The molecule has 0 fully saturated rings. The van der Waals surface area contributed by atoms with E-state index in [4.69, 9.17) is 4.74 Å². The van der Waals surface area contributed by atoms with Crippen molar-refractivity contribution in [2.24, 2.45) is 17.8 Å². The monoisotopic (exact) mass is 294 g/mol. The van der Waals surface area contributed by atoms with Crippen LogP contribution in [0.5, 0.6) is 0 Å². The van der Waals surface area contributed by atoms with E-state index < -0.39 is 5.79 Å². The van der Waals surface area contributed by atoms with E-state index in [1.807, 2.05) is 6.92 Å². The van der Waals surface area contributed by atoms with Crippen LogP contribution in [0.15, 0.2) is 23.0 Å². The first-order valence-electron chi connectivity index (χ1n) is 8.44. The highest BCUT2D eigenvalue weighted by Gasteiger charge is 2.32. The molecule has 122 valence electrons. The zero-order valence-corrected chi connectivity index (χ0v) is 15.0. The van der Waals surface area contributed by atoms with Gasteiger partial charge < -0.3 is 9.84 Å². The second kappa shape index (κ2) is 7.49. The number of allylic oxidation sites excluding steroid dienone is 2. The number of hydrogen-bond donors (Lipinski definition) is 1. The normalized spacial score (nSPS) is 27.5. The van der Waals surface area contributed by atoms with Crippen LogP contribution in [0, 0.1) is 17.8 Å². The Morgan fingerprint density at radius 1 is 1.29 bits per heavy atom. The third-order valence-electron chi connectivity index (χ3n) is 4.47. The molecule has 1 aliphatic heterocycles. The molecule has 0 aromatic heterocycles. The molecule has 0 bridgehead atoms. The summed E-state index contributed by atoms with van der Waals surface area (Å²) < 4.78 is 5.68. The first-order valence-corrected chi connectivity index (χ1v) is 8.44. The molecule has 1 heterocycles. The largest absolute Gasteiger partial charge is 0.462 e. The van der Waals surface area contributed by atoms with E-state index in [2.05, 4.69) is 40.7 Å². The van der Waals surface area contributed by atoms with Crippen LogP contribution in [0.1, 0.15) is 74.1 Å². The molecule has 2 heteroatoms. The fourth-order valence-electron chi connectivity index (χ4n) is 3.49. The Bertz CT molecular complexity index is 404. The standard InChI is InChI=1S/C19H34O2/c1-8-13(2)9-14(3)10-15(4)11-16(5)18-17(6)12-19(7,20)21-18/h11,13-15,20H,8-10,12H2,1-7H3/b16-11+. The highest BCUT2D eigenvalue weighted by molar-refractivity contribution is 5.32. The molecule has 4 atom stereocenters. The summed E-state index contributed by atoms with van der Waals surface area (Å²) >= 11 is 0. The average molecular weight is 294 g/mol. The topological polar surface area (TPSA) is 29.5 Å². The Labute approximate surface area is 131 Å². The highest BCUT2D eigenvalue weighted by Crippen LogP contribution is 2.35. The van der Waals surface area contributed by atoms with Crippen molar-refractivity contribution in [1.29, 1.82) is 0 Å². The van der Waals surface area contributed by atoms with Gasteiger partial charge in [0, 0.05) is 13.3 Å². The van der Waals surface area contributed by atoms with Crippen LogP contribution in [0.25, 0.3) is 0 Å². The van der Waals surface area contributed by atoms with Gasteiger partial charge in [-0.1, -0.05) is 40.2 Å².